The van der Waals surface area contributed by atoms with Crippen LogP contribution < -0.4 is 5.73 Å². The molecule has 0 radical (unpaired) electrons. The molecule has 1 amide bonds. The maximum Gasteiger partial charge on any atom is 0.222 e. The molecule has 0 spiro atoms. The number of hydrogen-bond donors (Lipinski definition) is 1. The Kier molecular flexibility index (Phi) is 6.24. The Labute approximate surface area is 134 Å². The lowest BCUT2D eigenvalue weighted by Crippen LogP contribution is -2.31. The third kappa shape index (κ3) is 5.01. The number of hydrogen-bond acceptors (Lipinski definition) is 2. The van der Waals surface area contributed by atoms with Crippen molar-refractivity contribution < 1.29 is 4.79 Å². The van der Waals surface area contributed by atoms with E-state index in [2.05, 4.69) is 45.0 Å². The molecule has 1 aromatic rings. The van der Waals surface area contributed by atoms with Crippen LogP contribution in [0.5, 0.6) is 0 Å². The molecule has 1 atom stereocenters. The Morgan fingerprint density at radius 2 is 1.90 bits per heavy atom. The van der Waals surface area contributed by atoms with Crippen molar-refractivity contribution in [3.63, 3.8) is 0 Å². The molecular formula is C17H27ClN2O. The fourth-order valence-electron chi connectivity index (χ4n) is 2.59. The van der Waals surface area contributed by atoms with E-state index in [4.69, 9.17) is 5.73 Å². The average Bonchev–Trinajstić information content (AvgIpc) is 2.82. The summed E-state index contributed by atoms with van der Waals surface area (Å²) in [5.74, 6) is 0.234. The van der Waals surface area contributed by atoms with E-state index in [1.54, 1.807) is 0 Å². The lowest BCUT2D eigenvalue weighted by molar-refractivity contribution is -0.130. The van der Waals surface area contributed by atoms with Crippen LogP contribution >= 0.6 is 12.4 Å². The highest BCUT2D eigenvalue weighted by atomic mass is 35.5. The van der Waals surface area contributed by atoms with Gasteiger partial charge in [-0.3, -0.25) is 4.79 Å². The van der Waals surface area contributed by atoms with Gasteiger partial charge in [-0.05, 0) is 29.4 Å². The fraction of sp³-hybridized carbons (Fsp3) is 0.588. The van der Waals surface area contributed by atoms with Crippen LogP contribution in [0.15, 0.2) is 24.3 Å². The van der Waals surface area contributed by atoms with E-state index in [9.17, 15) is 4.79 Å². The van der Waals surface area contributed by atoms with Crippen molar-refractivity contribution in [2.45, 2.75) is 51.5 Å². The van der Waals surface area contributed by atoms with Crippen LogP contribution in [0.2, 0.25) is 0 Å². The van der Waals surface area contributed by atoms with Gasteiger partial charge >= 0.3 is 0 Å². The largest absolute Gasteiger partial charge is 0.341 e. The standard InChI is InChI=1S/C17H26N2O.ClH/c1-17(2,3)14-7-4-13(5-8-14)6-9-16(20)19-11-10-15(18)12-19;/h4-5,7-8,15H,6,9-12,18H2,1-3H3;1H/t15-;/m1./s1. The van der Waals surface area contributed by atoms with Gasteiger partial charge in [0.15, 0.2) is 0 Å². The molecule has 1 heterocycles. The van der Waals surface area contributed by atoms with Gasteiger partial charge in [-0.25, -0.2) is 0 Å². The second-order valence-corrected chi connectivity index (χ2v) is 6.84. The van der Waals surface area contributed by atoms with E-state index < -0.39 is 0 Å². The molecule has 1 aliphatic heterocycles. The molecule has 0 bridgehead atoms. The lowest BCUT2D eigenvalue weighted by Gasteiger charge is -2.19. The van der Waals surface area contributed by atoms with Crippen molar-refractivity contribution in [3.05, 3.63) is 35.4 Å². The van der Waals surface area contributed by atoms with E-state index in [-0.39, 0.29) is 29.8 Å². The minimum absolute atomic E-state index is 0. The fourth-order valence-corrected chi connectivity index (χ4v) is 2.59. The maximum absolute atomic E-state index is 12.1. The molecular weight excluding hydrogens is 284 g/mol. The summed E-state index contributed by atoms with van der Waals surface area (Å²) in [5, 5.41) is 0. The minimum atomic E-state index is 0. The Balaban J connectivity index is 0.00000220. The highest BCUT2D eigenvalue weighted by molar-refractivity contribution is 5.85. The summed E-state index contributed by atoms with van der Waals surface area (Å²) in [5.41, 5.74) is 8.58. The van der Waals surface area contributed by atoms with Gasteiger partial charge in [-0.1, -0.05) is 45.0 Å². The highest BCUT2D eigenvalue weighted by Gasteiger charge is 2.23. The van der Waals surface area contributed by atoms with E-state index in [0.29, 0.717) is 6.42 Å². The first kappa shape index (κ1) is 18.0. The van der Waals surface area contributed by atoms with Crippen LogP contribution in [0.1, 0.15) is 44.7 Å². The normalized spacial score (nSPS) is 18.5. The van der Waals surface area contributed by atoms with Crippen molar-refractivity contribution >= 4 is 18.3 Å². The monoisotopic (exact) mass is 310 g/mol. The predicted molar refractivity (Wildman–Crippen MR) is 89.9 cm³/mol. The first-order valence-corrected chi connectivity index (χ1v) is 7.49. The van der Waals surface area contributed by atoms with Gasteiger partial charge in [-0.15, -0.1) is 12.4 Å². The quantitative estimate of drug-likeness (QED) is 0.933. The molecule has 1 aliphatic rings. The number of rotatable bonds is 3. The number of carbonyl (C=O) groups is 1. The molecule has 1 saturated heterocycles. The number of aryl methyl sites for hydroxylation is 1. The summed E-state index contributed by atoms with van der Waals surface area (Å²) in [6.07, 6.45) is 2.34. The van der Waals surface area contributed by atoms with Crippen LogP contribution in [0, 0.1) is 0 Å². The van der Waals surface area contributed by atoms with Crippen molar-refractivity contribution in [3.8, 4) is 0 Å². The summed E-state index contributed by atoms with van der Waals surface area (Å²) < 4.78 is 0. The van der Waals surface area contributed by atoms with Gasteiger partial charge in [0.1, 0.15) is 0 Å². The summed E-state index contributed by atoms with van der Waals surface area (Å²) in [6, 6.07) is 8.80. The third-order valence-electron chi connectivity index (χ3n) is 4.02. The van der Waals surface area contributed by atoms with Crippen LogP contribution in [0.3, 0.4) is 0 Å². The minimum Gasteiger partial charge on any atom is -0.341 e. The number of nitrogens with zero attached hydrogens (tertiary/aromatic N) is 1. The first-order valence-electron chi connectivity index (χ1n) is 7.49. The number of benzene rings is 1. The zero-order chi connectivity index (χ0) is 14.8. The third-order valence-corrected chi connectivity index (χ3v) is 4.02. The number of carbonyl (C=O) groups excluding carboxylic acids is 1. The molecule has 2 rings (SSSR count). The molecule has 21 heavy (non-hydrogen) atoms. The zero-order valence-corrected chi connectivity index (χ0v) is 14.1. The van der Waals surface area contributed by atoms with Gasteiger partial charge < -0.3 is 10.6 Å². The number of amides is 1. The molecule has 3 nitrogen and oxygen atoms in total. The Morgan fingerprint density at radius 3 is 2.38 bits per heavy atom. The Bertz CT molecular complexity index is 465. The molecule has 2 N–H and O–H groups in total. The number of nitrogens with two attached hydrogens (primary N) is 1. The Morgan fingerprint density at radius 1 is 1.29 bits per heavy atom. The zero-order valence-electron chi connectivity index (χ0n) is 13.3. The van der Waals surface area contributed by atoms with Gasteiger partial charge in [0.05, 0.1) is 0 Å². The summed E-state index contributed by atoms with van der Waals surface area (Å²) in [6.45, 7) is 8.18. The van der Waals surface area contributed by atoms with Gasteiger partial charge in [-0.2, -0.15) is 0 Å². The molecule has 4 heteroatoms. The van der Waals surface area contributed by atoms with E-state index in [0.717, 1.165) is 25.9 Å². The number of likely N-dealkylation sites (tertiary alicyclic amines) is 1. The molecule has 118 valence electrons. The maximum atomic E-state index is 12.1. The van der Waals surface area contributed by atoms with Crippen molar-refractivity contribution in [2.75, 3.05) is 13.1 Å². The molecule has 1 fully saturated rings. The van der Waals surface area contributed by atoms with E-state index in [1.807, 2.05) is 4.90 Å². The second kappa shape index (κ2) is 7.28. The molecule has 0 saturated carbocycles. The van der Waals surface area contributed by atoms with Crippen LogP contribution in [-0.2, 0) is 16.6 Å². The smallest absolute Gasteiger partial charge is 0.222 e. The first-order chi connectivity index (χ1) is 9.36. The predicted octanol–water partition coefficient (Wildman–Crippen LogP) is 2.90. The van der Waals surface area contributed by atoms with Gasteiger partial charge in [0, 0.05) is 25.6 Å². The number of halogens is 1. The van der Waals surface area contributed by atoms with Gasteiger partial charge in [0.25, 0.3) is 0 Å². The van der Waals surface area contributed by atoms with Crippen LogP contribution in [0.4, 0.5) is 0 Å². The van der Waals surface area contributed by atoms with Crippen molar-refractivity contribution in [2.24, 2.45) is 5.73 Å². The van der Waals surface area contributed by atoms with Crippen molar-refractivity contribution in [1.29, 1.82) is 0 Å². The topological polar surface area (TPSA) is 46.3 Å². The second-order valence-electron chi connectivity index (χ2n) is 6.84. The molecule has 0 aromatic heterocycles. The average molecular weight is 311 g/mol. The van der Waals surface area contributed by atoms with Crippen molar-refractivity contribution in [1.82, 2.24) is 4.90 Å². The molecule has 1 aromatic carbocycles. The van der Waals surface area contributed by atoms with E-state index in [1.165, 1.54) is 11.1 Å². The molecule has 0 aliphatic carbocycles. The van der Waals surface area contributed by atoms with Crippen LogP contribution in [-0.4, -0.2) is 29.9 Å². The highest BCUT2D eigenvalue weighted by Crippen LogP contribution is 2.22. The van der Waals surface area contributed by atoms with Crippen LogP contribution in [0.25, 0.3) is 0 Å². The van der Waals surface area contributed by atoms with Gasteiger partial charge in [0.2, 0.25) is 5.91 Å². The SMILES string of the molecule is CC(C)(C)c1ccc(CCC(=O)N2CC[C@@H](N)C2)cc1.Cl. The Hall–Kier alpha value is -1.06. The summed E-state index contributed by atoms with van der Waals surface area (Å²) in [7, 11) is 0. The lowest BCUT2D eigenvalue weighted by atomic mass is 9.86. The summed E-state index contributed by atoms with van der Waals surface area (Å²) >= 11 is 0. The summed E-state index contributed by atoms with van der Waals surface area (Å²) in [4.78, 5) is 14.0. The molecule has 0 unspecified atom stereocenters. The van der Waals surface area contributed by atoms with E-state index >= 15 is 0 Å².